The van der Waals surface area contributed by atoms with Gasteiger partial charge in [-0.25, -0.2) is 9.59 Å². The van der Waals surface area contributed by atoms with Crippen LogP contribution in [0.15, 0.2) is 24.3 Å². The van der Waals surface area contributed by atoms with Crippen molar-refractivity contribution in [2.45, 2.75) is 12.6 Å². The van der Waals surface area contributed by atoms with Crippen LogP contribution in [0.5, 0.6) is 0 Å². The van der Waals surface area contributed by atoms with Gasteiger partial charge in [0.05, 0.1) is 11.1 Å². The maximum Gasteiger partial charge on any atom is 0.338 e. The zero-order chi connectivity index (χ0) is 15.1. The average Bonchev–Trinajstić information content (AvgIpc) is 2.42. The monoisotopic (exact) mass is 286 g/mol. The van der Waals surface area contributed by atoms with Gasteiger partial charge >= 0.3 is 11.9 Å². The summed E-state index contributed by atoms with van der Waals surface area (Å²) in [4.78, 5) is 22.8. The van der Waals surface area contributed by atoms with Crippen LogP contribution in [0.1, 0.15) is 20.7 Å². The number of carbonyl (C=O) groups excluding carboxylic acids is 2. The summed E-state index contributed by atoms with van der Waals surface area (Å²) in [5, 5.41) is 34.2. The third kappa shape index (κ3) is 5.33. The summed E-state index contributed by atoms with van der Waals surface area (Å²) in [6.45, 7) is -1.12. The highest BCUT2D eigenvalue weighted by Crippen LogP contribution is 2.08. The number of esters is 2. The molecule has 0 bridgehead atoms. The molecule has 0 atom stereocenters. The van der Waals surface area contributed by atoms with Gasteiger partial charge in [-0.2, -0.15) is 0 Å². The minimum absolute atomic E-state index is 0.115. The molecule has 0 spiro atoms. The number of hydrogen-bond donors (Lipinski definition) is 4. The van der Waals surface area contributed by atoms with Gasteiger partial charge in [0.25, 0.3) is 0 Å². The van der Waals surface area contributed by atoms with Crippen LogP contribution in [0.2, 0.25) is 0 Å². The van der Waals surface area contributed by atoms with E-state index in [1.54, 1.807) is 0 Å². The Kier molecular flexibility index (Phi) is 6.07. The Morgan fingerprint density at radius 3 is 1.35 bits per heavy atom. The number of carbonyl (C=O) groups is 2. The Labute approximate surface area is 113 Å². The standard InChI is InChI=1S/C12H14O8/c13-9(14)5-19-11(17)7-1-2-8(4-3-7)12(18)20-6-10(15)16/h1-4,9-10,13-16H,5-6H2. The first-order valence-corrected chi connectivity index (χ1v) is 5.56. The number of hydrogen-bond acceptors (Lipinski definition) is 8. The highest BCUT2D eigenvalue weighted by atomic mass is 16.6. The average molecular weight is 286 g/mol. The fraction of sp³-hybridized carbons (Fsp3) is 0.333. The van der Waals surface area contributed by atoms with E-state index in [1.807, 2.05) is 0 Å². The summed E-state index contributed by atoms with van der Waals surface area (Å²) in [7, 11) is 0. The Bertz CT molecular complexity index is 408. The van der Waals surface area contributed by atoms with Crippen molar-refractivity contribution >= 4 is 11.9 Å². The van der Waals surface area contributed by atoms with E-state index in [1.165, 1.54) is 24.3 Å². The molecule has 0 fully saturated rings. The molecule has 0 saturated heterocycles. The smallest absolute Gasteiger partial charge is 0.338 e. The Morgan fingerprint density at radius 1 is 0.800 bits per heavy atom. The van der Waals surface area contributed by atoms with E-state index in [2.05, 4.69) is 9.47 Å². The van der Waals surface area contributed by atoms with E-state index >= 15 is 0 Å². The molecule has 0 aliphatic carbocycles. The highest BCUT2D eigenvalue weighted by Gasteiger charge is 2.12. The van der Waals surface area contributed by atoms with E-state index in [-0.39, 0.29) is 11.1 Å². The van der Waals surface area contributed by atoms with Gasteiger partial charge in [0, 0.05) is 0 Å². The lowest BCUT2D eigenvalue weighted by Crippen LogP contribution is -2.18. The van der Waals surface area contributed by atoms with E-state index in [4.69, 9.17) is 20.4 Å². The summed E-state index contributed by atoms with van der Waals surface area (Å²) in [6, 6.07) is 5.16. The summed E-state index contributed by atoms with van der Waals surface area (Å²) >= 11 is 0. The van der Waals surface area contributed by atoms with Gasteiger partial charge in [0.15, 0.2) is 12.6 Å². The lowest BCUT2D eigenvalue weighted by atomic mass is 10.1. The van der Waals surface area contributed by atoms with Gasteiger partial charge in [0.1, 0.15) is 13.2 Å². The second-order valence-electron chi connectivity index (χ2n) is 3.74. The lowest BCUT2D eigenvalue weighted by molar-refractivity contribution is -0.0814. The third-order valence-electron chi connectivity index (χ3n) is 2.08. The quantitative estimate of drug-likeness (QED) is 0.371. The van der Waals surface area contributed by atoms with Crippen LogP contribution >= 0.6 is 0 Å². The molecule has 0 aliphatic heterocycles. The van der Waals surface area contributed by atoms with E-state index in [0.29, 0.717) is 0 Å². The van der Waals surface area contributed by atoms with Crippen LogP contribution < -0.4 is 0 Å². The van der Waals surface area contributed by atoms with Crippen LogP contribution in [0.25, 0.3) is 0 Å². The van der Waals surface area contributed by atoms with Gasteiger partial charge in [-0.1, -0.05) is 0 Å². The molecule has 1 rings (SSSR count). The SMILES string of the molecule is O=C(OCC(O)O)c1ccc(C(=O)OCC(O)O)cc1. The number of rotatable bonds is 6. The highest BCUT2D eigenvalue weighted by molar-refractivity contribution is 5.93. The molecular formula is C12H14O8. The molecule has 110 valence electrons. The number of aliphatic hydroxyl groups excluding tert-OH is 2. The van der Waals surface area contributed by atoms with Crippen molar-refractivity contribution in [3.63, 3.8) is 0 Å². The maximum absolute atomic E-state index is 11.4. The molecule has 0 saturated carbocycles. The van der Waals surface area contributed by atoms with E-state index in [0.717, 1.165) is 0 Å². The topological polar surface area (TPSA) is 134 Å². The van der Waals surface area contributed by atoms with Crippen molar-refractivity contribution in [2.75, 3.05) is 13.2 Å². The molecule has 4 N–H and O–H groups in total. The molecule has 0 heterocycles. The molecule has 0 amide bonds. The molecule has 0 unspecified atom stereocenters. The van der Waals surface area contributed by atoms with Gasteiger partial charge in [-0.3, -0.25) is 0 Å². The lowest BCUT2D eigenvalue weighted by Gasteiger charge is -2.07. The second-order valence-corrected chi connectivity index (χ2v) is 3.74. The predicted molar refractivity (Wildman–Crippen MR) is 63.5 cm³/mol. The molecule has 8 heteroatoms. The first-order chi connectivity index (χ1) is 9.40. The minimum atomic E-state index is -1.75. The maximum atomic E-state index is 11.4. The number of benzene rings is 1. The summed E-state index contributed by atoms with van der Waals surface area (Å²) in [6.07, 6.45) is -3.50. The van der Waals surface area contributed by atoms with Crippen LogP contribution in [-0.4, -0.2) is 58.2 Å². The summed E-state index contributed by atoms with van der Waals surface area (Å²) < 4.78 is 9.10. The predicted octanol–water partition coefficient (Wildman–Crippen LogP) is -1.38. The van der Waals surface area contributed by atoms with Gasteiger partial charge in [-0.15, -0.1) is 0 Å². The third-order valence-corrected chi connectivity index (χ3v) is 2.08. The van der Waals surface area contributed by atoms with Gasteiger partial charge < -0.3 is 29.9 Å². The molecule has 8 nitrogen and oxygen atoms in total. The first kappa shape index (κ1) is 16.1. The van der Waals surface area contributed by atoms with Crippen molar-refractivity contribution in [1.29, 1.82) is 0 Å². The van der Waals surface area contributed by atoms with Crippen LogP contribution in [0.3, 0.4) is 0 Å². The molecule has 0 aliphatic rings. The van der Waals surface area contributed by atoms with Crippen LogP contribution in [0.4, 0.5) is 0 Å². The normalized spacial score (nSPS) is 10.7. The molecular weight excluding hydrogens is 272 g/mol. The first-order valence-electron chi connectivity index (χ1n) is 5.56. The molecule has 20 heavy (non-hydrogen) atoms. The fourth-order valence-electron chi connectivity index (χ4n) is 1.21. The minimum Gasteiger partial charge on any atom is -0.457 e. The summed E-state index contributed by atoms with van der Waals surface area (Å²) in [5.74, 6) is -1.55. The van der Waals surface area contributed by atoms with Gasteiger partial charge in [-0.05, 0) is 24.3 Å². The van der Waals surface area contributed by atoms with Crippen LogP contribution in [0, 0.1) is 0 Å². The van der Waals surface area contributed by atoms with Gasteiger partial charge in [0.2, 0.25) is 0 Å². The fourth-order valence-corrected chi connectivity index (χ4v) is 1.21. The van der Waals surface area contributed by atoms with Crippen molar-refractivity contribution in [3.8, 4) is 0 Å². The van der Waals surface area contributed by atoms with Crippen LogP contribution in [-0.2, 0) is 9.47 Å². The van der Waals surface area contributed by atoms with Crippen molar-refractivity contribution in [2.24, 2.45) is 0 Å². The molecule has 0 aromatic heterocycles. The van der Waals surface area contributed by atoms with Crippen molar-refractivity contribution < 1.29 is 39.5 Å². The summed E-state index contributed by atoms with van der Waals surface area (Å²) in [5.41, 5.74) is 0.230. The number of aliphatic hydroxyl groups is 4. The van der Waals surface area contributed by atoms with E-state index < -0.39 is 37.7 Å². The van der Waals surface area contributed by atoms with Crippen molar-refractivity contribution in [3.05, 3.63) is 35.4 Å². The zero-order valence-corrected chi connectivity index (χ0v) is 10.3. The molecule has 1 aromatic rings. The largest absolute Gasteiger partial charge is 0.457 e. The molecule has 1 aromatic carbocycles. The zero-order valence-electron chi connectivity index (χ0n) is 10.3. The number of ether oxygens (including phenoxy) is 2. The Morgan fingerprint density at radius 2 is 1.10 bits per heavy atom. The molecule has 0 radical (unpaired) electrons. The van der Waals surface area contributed by atoms with Crippen molar-refractivity contribution in [1.82, 2.24) is 0 Å². The van der Waals surface area contributed by atoms with E-state index in [9.17, 15) is 9.59 Å². The Balaban J connectivity index is 2.59. The Hall–Kier alpha value is -2.00. The second kappa shape index (κ2) is 7.56.